The molecule has 0 saturated carbocycles. The highest BCUT2D eigenvalue weighted by Gasteiger charge is 2.47. The molecule has 3 nitrogen and oxygen atoms in total. The molecule has 1 atom stereocenters. The molecule has 0 radical (unpaired) electrons. The second kappa shape index (κ2) is 3.97. The molecule has 1 N–H and O–H groups in total. The summed E-state index contributed by atoms with van der Waals surface area (Å²) in [6.07, 6.45) is -1.50. The van der Waals surface area contributed by atoms with Crippen LogP contribution in [0.3, 0.4) is 0 Å². The van der Waals surface area contributed by atoms with Crippen molar-refractivity contribution in [1.29, 1.82) is 0 Å². The Labute approximate surface area is 110 Å². The first kappa shape index (κ1) is 13.4. The fraction of sp³-hybridized carbons (Fsp3) is 0.556. The lowest BCUT2D eigenvalue weighted by Gasteiger charge is -2.28. The molecule has 1 aliphatic rings. The van der Waals surface area contributed by atoms with Gasteiger partial charge in [-0.05, 0) is 27.9 Å². The zero-order chi connectivity index (χ0) is 13.0. The Bertz CT molecular complexity index is 565. The maximum atomic E-state index is 13.4. The summed E-state index contributed by atoms with van der Waals surface area (Å²) in [6.45, 7) is 0. The van der Waals surface area contributed by atoms with Crippen LogP contribution in [0.2, 0.25) is 0 Å². The molecular weight excluding hydrogens is 338 g/mol. The van der Waals surface area contributed by atoms with E-state index >= 15 is 0 Å². The number of alkyl halides is 2. The molecule has 1 aromatic rings. The van der Waals surface area contributed by atoms with Crippen molar-refractivity contribution in [2.24, 2.45) is 0 Å². The summed E-state index contributed by atoms with van der Waals surface area (Å²) in [7, 11) is -3.61. The lowest BCUT2D eigenvalue weighted by atomic mass is 9.90. The van der Waals surface area contributed by atoms with Crippen LogP contribution in [0.4, 0.5) is 8.78 Å². The molecule has 8 heteroatoms. The summed E-state index contributed by atoms with van der Waals surface area (Å²) < 4.78 is 50.1. The van der Waals surface area contributed by atoms with Crippen LogP contribution in [-0.4, -0.2) is 25.7 Å². The van der Waals surface area contributed by atoms with E-state index in [1.807, 2.05) is 0 Å². The SMILES string of the molecule is CS(=O)(=O)c1sc(Br)c2c1[C@H](O)C(F)(F)CC2. The number of hydrogen-bond acceptors (Lipinski definition) is 4. The Balaban J connectivity index is 2.70. The van der Waals surface area contributed by atoms with Gasteiger partial charge in [-0.25, -0.2) is 17.2 Å². The normalized spacial score (nSPS) is 23.5. The van der Waals surface area contributed by atoms with Gasteiger partial charge in [0.25, 0.3) is 5.92 Å². The lowest BCUT2D eigenvalue weighted by Crippen LogP contribution is -2.32. The first-order valence-corrected chi connectivity index (χ1v) is 8.21. The van der Waals surface area contributed by atoms with E-state index in [-0.39, 0.29) is 16.2 Å². The van der Waals surface area contributed by atoms with E-state index in [0.29, 0.717) is 9.35 Å². The van der Waals surface area contributed by atoms with Gasteiger partial charge in [-0.15, -0.1) is 11.3 Å². The molecule has 0 spiro atoms. The number of sulfone groups is 1. The van der Waals surface area contributed by atoms with Gasteiger partial charge in [-0.3, -0.25) is 0 Å². The van der Waals surface area contributed by atoms with Crippen LogP contribution in [0.15, 0.2) is 8.00 Å². The Morgan fingerprint density at radius 1 is 1.53 bits per heavy atom. The van der Waals surface area contributed by atoms with Gasteiger partial charge in [0.05, 0.1) is 3.79 Å². The highest BCUT2D eigenvalue weighted by atomic mass is 79.9. The van der Waals surface area contributed by atoms with Crippen LogP contribution < -0.4 is 0 Å². The van der Waals surface area contributed by atoms with Gasteiger partial charge >= 0.3 is 0 Å². The Kier molecular flexibility index (Phi) is 3.13. The van der Waals surface area contributed by atoms with Gasteiger partial charge in [0.2, 0.25) is 0 Å². The van der Waals surface area contributed by atoms with E-state index in [1.165, 1.54) is 0 Å². The quantitative estimate of drug-likeness (QED) is 0.849. The van der Waals surface area contributed by atoms with Crippen LogP contribution in [0.5, 0.6) is 0 Å². The predicted molar refractivity (Wildman–Crippen MR) is 63.4 cm³/mol. The second-order valence-electron chi connectivity index (χ2n) is 3.99. The van der Waals surface area contributed by atoms with Crippen molar-refractivity contribution >= 4 is 37.1 Å². The van der Waals surface area contributed by atoms with Crippen molar-refractivity contribution in [1.82, 2.24) is 0 Å². The van der Waals surface area contributed by atoms with E-state index in [1.54, 1.807) is 0 Å². The predicted octanol–water partition coefficient (Wildman–Crippen LogP) is 2.53. The summed E-state index contributed by atoms with van der Waals surface area (Å²) in [6, 6.07) is 0. The van der Waals surface area contributed by atoms with Crippen LogP contribution in [0.25, 0.3) is 0 Å². The second-order valence-corrected chi connectivity index (χ2v) is 8.54. The average molecular weight is 347 g/mol. The topological polar surface area (TPSA) is 54.4 Å². The fourth-order valence-electron chi connectivity index (χ4n) is 1.85. The van der Waals surface area contributed by atoms with E-state index < -0.39 is 28.3 Å². The lowest BCUT2D eigenvalue weighted by molar-refractivity contribution is -0.122. The molecule has 2 rings (SSSR count). The summed E-state index contributed by atoms with van der Waals surface area (Å²) in [5.41, 5.74) is 0.342. The van der Waals surface area contributed by atoms with Crippen LogP contribution in [-0.2, 0) is 16.3 Å². The zero-order valence-electron chi connectivity index (χ0n) is 8.71. The van der Waals surface area contributed by atoms with Gasteiger partial charge in [-0.2, -0.15) is 0 Å². The van der Waals surface area contributed by atoms with Crippen LogP contribution >= 0.6 is 27.3 Å². The Morgan fingerprint density at radius 2 is 2.12 bits per heavy atom. The van der Waals surface area contributed by atoms with Crippen molar-refractivity contribution in [3.05, 3.63) is 14.9 Å². The van der Waals surface area contributed by atoms with E-state index in [9.17, 15) is 22.3 Å². The number of hydrogen-bond donors (Lipinski definition) is 1. The van der Waals surface area contributed by atoms with Crippen LogP contribution in [0, 0.1) is 0 Å². The van der Waals surface area contributed by atoms with Gasteiger partial charge in [0.1, 0.15) is 10.3 Å². The minimum Gasteiger partial charge on any atom is -0.382 e. The summed E-state index contributed by atoms with van der Waals surface area (Å²) in [5.74, 6) is -3.27. The number of fused-ring (bicyclic) bond motifs is 1. The fourth-order valence-corrected chi connectivity index (χ4v) is 5.40. The first-order chi connectivity index (χ1) is 7.64. The molecule has 96 valence electrons. The number of thiophene rings is 1. The van der Waals surface area contributed by atoms with Crippen molar-refractivity contribution < 1.29 is 22.3 Å². The molecule has 0 saturated heterocycles. The molecule has 17 heavy (non-hydrogen) atoms. The van der Waals surface area contributed by atoms with Gasteiger partial charge in [0.15, 0.2) is 9.84 Å². The monoisotopic (exact) mass is 346 g/mol. The minimum absolute atomic E-state index is 0.0615. The summed E-state index contributed by atoms with van der Waals surface area (Å²) in [4.78, 5) is 0. The molecule has 0 aromatic carbocycles. The molecule has 0 fully saturated rings. The van der Waals surface area contributed by atoms with Gasteiger partial charge in [-0.1, -0.05) is 0 Å². The third kappa shape index (κ3) is 2.16. The van der Waals surface area contributed by atoms with Gasteiger partial charge in [0, 0.05) is 18.2 Å². The third-order valence-electron chi connectivity index (χ3n) is 2.68. The zero-order valence-corrected chi connectivity index (χ0v) is 11.9. The molecule has 0 amide bonds. The highest BCUT2D eigenvalue weighted by Crippen LogP contribution is 2.49. The minimum atomic E-state index is -3.61. The van der Waals surface area contributed by atoms with Crippen molar-refractivity contribution in [3.8, 4) is 0 Å². The Morgan fingerprint density at radius 3 is 2.65 bits per heavy atom. The maximum absolute atomic E-state index is 13.4. The summed E-state index contributed by atoms with van der Waals surface area (Å²) >= 11 is 4.04. The maximum Gasteiger partial charge on any atom is 0.277 e. The standard InChI is InChI=1S/C9H9BrF2O3S2/c1-17(14,15)8-5-4(7(10)16-8)2-3-9(11,12)6(5)13/h6,13H,2-3H2,1H3/t6-/m0/s1. The van der Waals surface area contributed by atoms with Crippen molar-refractivity contribution in [2.75, 3.05) is 6.26 Å². The van der Waals surface area contributed by atoms with E-state index in [2.05, 4.69) is 15.9 Å². The molecule has 1 heterocycles. The van der Waals surface area contributed by atoms with E-state index in [4.69, 9.17) is 0 Å². The number of rotatable bonds is 1. The first-order valence-electron chi connectivity index (χ1n) is 4.71. The molecule has 1 aliphatic carbocycles. The van der Waals surface area contributed by atoms with Crippen molar-refractivity contribution in [3.63, 3.8) is 0 Å². The number of aliphatic hydroxyl groups is 1. The number of aliphatic hydroxyl groups excluding tert-OH is 1. The van der Waals surface area contributed by atoms with Crippen molar-refractivity contribution in [2.45, 2.75) is 29.1 Å². The smallest absolute Gasteiger partial charge is 0.277 e. The highest BCUT2D eigenvalue weighted by molar-refractivity contribution is 9.11. The number of halogens is 3. The van der Waals surface area contributed by atoms with Crippen LogP contribution in [0.1, 0.15) is 23.7 Å². The average Bonchev–Trinajstić information content (AvgIpc) is 2.50. The summed E-state index contributed by atoms with van der Waals surface area (Å²) in [5, 5.41) is 9.62. The van der Waals surface area contributed by atoms with E-state index in [0.717, 1.165) is 17.6 Å². The molecular formula is C9H9BrF2O3S2. The molecule has 0 unspecified atom stereocenters. The largest absolute Gasteiger partial charge is 0.382 e. The molecule has 0 aliphatic heterocycles. The third-order valence-corrected chi connectivity index (χ3v) is 6.53. The molecule has 0 bridgehead atoms. The van der Waals surface area contributed by atoms with Gasteiger partial charge < -0.3 is 5.11 Å². The Hall–Kier alpha value is -0.0500. The molecule has 1 aromatic heterocycles.